The second-order valence-electron chi connectivity index (χ2n) is 5.13. The highest BCUT2D eigenvalue weighted by Crippen LogP contribution is 2.21. The minimum Gasteiger partial charge on any atom is -0.392 e. The Morgan fingerprint density at radius 2 is 1.78 bits per heavy atom. The minimum atomic E-state index is 0.108. The van der Waals surface area contributed by atoms with E-state index >= 15 is 0 Å². The van der Waals surface area contributed by atoms with Gasteiger partial charge < -0.3 is 10.0 Å². The molecule has 0 aliphatic carbocycles. The van der Waals surface area contributed by atoms with Gasteiger partial charge in [0, 0.05) is 20.0 Å². The first-order chi connectivity index (χ1) is 8.69. The Labute approximate surface area is 108 Å². The van der Waals surface area contributed by atoms with Crippen LogP contribution in [0.25, 0.3) is 0 Å². The second kappa shape index (κ2) is 6.01. The van der Waals surface area contributed by atoms with E-state index in [2.05, 4.69) is 12.1 Å². The number of carbonyl (C=O) groups is 1. The van der Waals surface area contributed by atoms with Crippen LogP contribution in [0.4, 0.5) is 0 Å². The standard InChI is InChI=1S/C15H21NO2/c1-12(18)16-8-6-14(7-9-16)10-13-2-4-15(11-17)5-3-13/h2-5,14,17H,6-11H2,1H3. The lowest BCUT2D eigenvalue weighted by molar-refractivity contribution is -0.130. The smallest absolute Gasteiger partial charge is 0.219 e. The highest BCUT2D eigenvalue weighted by molar-refractivity contribution is 5.73. The average Bonchev–Trinajstić information content (AvgIpc) is 2.40. The molecule has 98 valence electrons. The summed E-state index contributed by atoms with van der Waals surface area (Å²) < 4.78 is 0. The number of nitrogens with zero attached hydrogens (tertiary/aromatic N) is 1. The first-order valence-corrected chi connectivity index (χ1v) is 6.63. The van der Waals surface area contributed by atoms with Gasteiger partial charge in [-0.15, -0.1) is 0 Å². The highest BCUT2D eigenvalue weighted by Gasteiger charge is 2.20. The molecule has 1 aromatic carbocycles. The zero-order valence-electron chi connectivity index (χ0n) is 10.9. The van der Waals surface area contributed by atoms with Crippen molar-refractivity contribution in [2.75, 3.05) is 13.1 Å². The maximum atomic E-state index is 11.2. The molecule has 0 unspecified atom stereocenters. The molecular weight excluding hydrogens is 226 g/mol. The summed E-state index contributed by atoms with van der Waals surface area (Å²) in [5.41, 5.74) is 2.29. The molecule has 1 aliphatic rings. The molecular formula is C15H21NO2. The van der Waals surface area contributed by atoms with Gasteiger partial charge in [0.1, 0.15) is 0 Å². The Kier molecular flexibility index (Phi) is 4.37. The molecule has 0 saturated carbocycles. The number of piperidine rings is 1. The highest BCUT2D eigenvalue weighted by atomic mass is 16.3. The summed E-state index contributed by atoms with van der Waals surface area (Å²) >= 11 is 0. The van der Waals surface area contributed by atoms with Crippen LogP contribution in [0.5, 0.6) is 0 Å². The molecule has 1 fully saturated rings. The number of aliphatic hydroxyl groups excluding tert-OH is 1. The Morgan fingerprint density at radius 1 is 1.22 bits per heavy atom. The fourth-order valence-corrected chi connectivity index (χ4v) is 2.57. The average molecular weight is 247 g/mol. The summed E-state index contributed by atoms with van der Waals surface area (Å²) in [5, 5.41) is 8.99. The van der Waals surface area contributed by atoms with Gasteiger partial charge in [0.05, 0.1) is 6.61 Å². The number of hydrogen-bond acceptors (Lipinski definition) is 2. The summed E-state index contributed by atoms with van der Waals surface area (Å²) in [5.74, 6) is 0.876. The van der Waals surface area contributed by atoms with Crippen molar-refractivity contribution in [3.8, 4) is 0 Å². The minimum absolute atomic E-state index is 0.108. The van der Waals surface area contributed by atoms with Crippen molar-refractivity contribution in [1.29, 1.82) is 0 Å². The Bertz CT molecular complexity index is 391. The largest absolute Gasteiger partial charge is 0.392 e. The van der Waals surface area contributed by atoms with Crippen molar-refractivity contribution < 1.29 is 9.90 Å². The van der Waals surface area contributed by atoms with Crippen molar-refractivity contribution in [1.82, 2.24) is 4.90 Å². The molecule has 0 spiro atoms. The van der Waals surface area contributed by atoms with Crippen molar-refractivity contribution in [2.45, 2.75) is 32.8 Å². The Balaban J connectivity index is 1.85. The molecule has 3 nitrogen and oxygen atoms in total. The summed E-state index contributed by atoms with van der Waals surface area (Å²) in [6, 6.07) is 8.17. The first-order valence-electron chi connectivity index (χ1n) is 6.63. The third kappa shape index (κ3) is 3.33. The summed E-state index contributed by atoms with van der Waals surface area (Å²) in [6.07, 6.45) is 3.28. The summed E-state index contributed by atoms with van der Waals surface area (Å²) in [7, 11) is 0. The Morgan fingerprint density at radius 3 is 2.28 bits per heavy atom. The van der Waals surface area contributed by atoms with Crippen LogP contribution in [0.2, 0.25) is 0 Å². The van der Waals surface area contributed by atoms with Gasteiger partial charge in [0.15, 0.2) is 0 Å². The van der Waals surface area contributed by atoms with E-state index in [4.69, 9.17) is 5.11 Å². The molecule has 0 aromatic heterocycles. The molecule has 1 N–H and O–H groups in total. The van der Waals surface area contributed by atoms with E-state index < -0.39 is 0 Å². The number of carbonyl (C=O) groups excluding carboxylic acids is 1. The third-order valence-corrected chi connectivity index (χ3v) is 3.79. The van der Waals surface area contributed by atoms with Gasteiger partial charge in [-0.05, 0) is 36.3 Å². The number of rotatable bonds is 3. The van der Waals surface area contributed by atoms with Gasteiger partial charge in [-0.3, -0.25) is 4.79 Å². The fraction of sp³-hybridized carbons (Fsp3) is 0.533. The number of benzene rings is 1. The molecule has 18 heavy (non-hydrogen) atoms. The lowest BCUT2D eigenvalue weighted by Crippen LogP contribution is -2.37. The van der Waals surface area contributed by atoms with E-state index in [0.717, 1.165) is 37.9 Å². The van der Waals surface area contributed by atoms with Crippen LogP contribution in [0.1, 0.15) is 30.9 Å². The number of hydrogen-bond donors (Lipinski definition) is 1. The lowest BCUT2D eigenvalue weighted by atomic mass is 9.90. The van der Waals surface area contributed by atoms with Gasteiger partial charge in [0.2, 0.25) is 5.91 Å². The number of likely N-dealkylation sites (tertiary alicyclic amines) is 1. The van der Waals surface area contributed by atoms with Crippen LogP contribution >= 0.6 is 0 Å². The van der Waals surface area contributed by atoms with Gasteiger partial charge in [-0.25, -0.2) is 0 Å². The maximum absolute atomic E-state index is 11.2. The quantitative estimate of drug-likeness (QED) is 0.887. The van der Waals surface area contributed by atoms with Gasteiger partial charge in [-0.2, -0.15) is 0 Å². The van der Waals surface area contributed by atoms with Crippen LogP contribution in [0, 0.1) is 5.92 Å². The van der Waals surface area contributed by atoms with Gasteiger partial charge in [-0.1, -0.05) is 24.3 Å². The second-order valence-corrected chi connectivity index (χ2v) is 5.13. The number of amides is 1. The van der Waals surface area contributed by atoms with Crippen LogP contribution < -0.4 is 0 Å². The van der Waals surface area contributed by atoms with E-state index in [9.17, 15) is 4.79 Å². The van der Waals surface area contributed by atoms with E-state index in [-0.39, 0.29) is 12.5 Å². The molecule has 1 saturated heterocycles. The molecule has 1 aromatic rings. The van der Waals surface area contributed by atoms with E-state index in [0.29, 0.717) is 5.92 Å². The van der Waals surface area contributed by atoms with Crippen LogP contribution in [0.3, 0.4) is 0 Å². The van der Waals surface area contributed by atoms with E-state index in [1.165, 1.54) is 5.56 Å². The molecule has 0 atom stereocenters. The fourth-order valence-electron chi connectivity index (χ4n) is 2.57. The molecule has 1 amide bonds. The van der Waals surface area contributed by atoms with Crippen LogP contribution in [-0.4, -0.2) is 29.0 Å². The van der Waals surface area contributed by atoms with E-state index in [1.54, 1.807) is 6.92 Å². The third-order valence-electron chi connectivity index (χ3n) is 3.79. The lowest BCUT2D eigenvalue weighted by Gasteiger charge is -2.31. The van der Waals surface area contributed by atoms with Crippen molar-refractivity contribution >= 4 is 5.91 Å². The molecule has 0 bridgehead atoms. The van der Waals surface area contributed by atoms with Crippen LogP contribution in [0.15, 0.2) is 24.3 Å². The zero-order valence-corrected chi connectivity index (χ0v) is 10.9. The monoisotopic (exact) mass is 247 g/mol. The first kappa shape index (κ1) is 13.1. The SMILES string of the molecule is CC(=O)N1CCC(Cc2ccc(CO)cc2)CC1. The van der Waals surface area contributed by atoms with Gasteiger partial charge >= 0.3 is 0 Å². The van der Waals surface area contributed by atoms with Crippen molar-refractivity contribution in [3.63, 3.8) is 0 Å². The summed E-state index contributed by atoms with van der Waals surface area (Å²) in [4.78, 5) is 13.2. The Hall–Kier alpha value is -1.35. The van der Waals surface area contributed by atoms with Crippen molar-refractivity contribution in [3.05, 3.63) is 35.4 Å². The maximum Gasteiger partial charge on any atom is 0.219 e. The van der Waals surface area contributed by atoms with E-state index in [1.807, 2.05) is 17.0 Å². The normalized spacial score (nSPS) is 16.9. The zero-order chi connectivity index (χ0) is 13.0. The summed E-state index contributed by atoms with van der Waals surface area (Å²) in [6.45, 7) is 3.55. The molecule has 0 radical (unpaired) electrons. The molecule has 3 heteroatoms. The van der Waals surface area contributed by atoms with Crippen molar-refractivity contribution in [2.24, 2.45) is 5.92 Å². The number of aliphatic hydroxyl groups is 1. The van der Waals surface area contributed by atoms with Gasteiger partial charge in [0.25, 0.3) is 0 Å². The topological polar surface area (TPSA) is 40.5 Å². The molecule has 1 aliphatic heterocycles. The predicted octanol–water partition coefficient (Wildman–Crippen LogP) is 1.98. The predicted molar refractivity (Wildman–Crippen MR) is 71.0 cm³/mol. The molecule has 1 heterocycles. The molecule has 2 rings (SSSR count). The van der Waals surface area contributed by atoms with Crippen LogP contribution in [-0.2, 0) is 17.8 Å².